The van der Waals surface area contributed by atoms with Crippen LogP contribution in [0.5, 0.6) is 0 Å². The highest BCUT2D eigenvalue weighted by Crippen LogP contribution is 2.34. The Bertz CT molecular complexity index is 769. The van der Waals surface area contributed by atoms with Crippen LogP contribution in [0.25, 0.3) is 0 Å². The number of piperazine rings is 1. The molecule has 4 rings (SSSR count). The summed E-state index contributed by atoms with van der Waals surface area (Å²) in [6.07, 6.45) is 7.79. The summed E-state index contributed by atoms with van der Waals surface area (Å²) in [6.45, 7) is 7.51. The summed E-state index contributed by atoms with van der Waals surface area (Å²) < 4.78 is 0. The monoisotopic (exact) mass is 413 g/mol. The zero-order chi connectivity index (χ0) is 21.1. The van der Waals surface area contributed by atoms with Gasteiger partial charge < -0.3 is 15.1 Å². The van der Waals surface area contributed by atoms with Crippen LogP contribution in [0.2, 0.25) is 0 Å². The third kappa shape index (κ3) is 4.37. The van der Waals surface area contributed by atoms with Gasteiger partial charge in [0.1, 0.15) is 0 Å². The third-order valence-electron chi connectivity index (χ3n) is 7.33. The normalized spacial score (nSPS) is 24.9. The van der Waals surface area contributed by atoms with Gasteiger partial charge in [0.15, 0.2) is 0 Å². The number of carbonyl (C=O) groups excluding carboxylic acids is 2. The standard InChI is InChI=1S/C23H35N5O2/c1-18(29)27-15-19-7-6-10-24-21(19)20(16-27)22(30)25-17-23(8-4-3-5-9-23)28-13-11-26(2)12-14-28/h6-7,10,20H,3-5,8-9,11-17H2,1-2H3,(H,25,30). The van der Waals surface area contributed by atoms with Gasteiger partial charge in [0.2, 0.25) is 11.8 Å². The van der Waals surface area contributed by atoms with Crippen LogP contribution in [0.1, 0.15) is 56.2 Å². The molecular formula is C23H35N5O2. The van der Waals surface area contributed by atoms with Crippen molar-refractivity contribution < 1.29 is 9.59 Å². The molecule has 2 amide bonds. The molecular weight excluding hydrogens is 378 g/mol. The van der Waals surface area contributed by atoms with E-state index >= 15 is 0 Å². The average Bonchev–Trinajstić information content (AvgIpc) is 2.77. The molecule has 1 aromatic rings. The molecule has 1 atom stereocenters. The molecule has 1 aromatic heterocycles. The van der Waals surface area contributed by atoms with Gasteiger partial charge in [-0.15, -0.1) is 0 Å². The topological polar surface area (TPSA) is 68.8 Å². The number of carbonyl (C=O) groups is 2. The van der Waals surface area contributed by atoms with Crippen LogP contribution >= 0.6 is 0 Å². The minimum Gasteiger partial charge on any atom is -0.354 e. The summed E-state index contributed by atoms with van der Waals surface area (Å²) >= 11 is 0. The lowest BCUT2D eigenvalue weighted by atomic mass is 9.79. The summed E-state index contributed by atoms with van der Waals surface area (Å²) in [5.41, 5.74) is 1.87. The second-order valence-electron chi connectivity index (χ2n) is 9.29. The van der Waals surface area contributed by atoms with Crippen molar-refractivity contribution in [1.82, 2.24) is 25.0 Å². The summed E-state index contributed by atoms with van der Waals surface area (Å²) in [5.74, 6) is -0.393. The number of aromatic nitrogens is 1. The lowest BCUT2D eigenvalue weighted by Crippen LogP contribution is -2.62. The predicted molar refractivity (Wildman–Crippen MR) is 116 cm³/mol. The Morgan fingerprint density at radius 1 is 1.17 bits per heavy atom. The predicted octanol–water partition coefficient (Wildman–Crippen LogP) is 1.59. The van der Waals surface area contributed by atoms with E-state index in [9.17, 15) is 9.59 Å². The van der Waals surface area contributed by atoms with Gasteiger partial charge in [0.05, 0.1) is 11.6 Å². The van der Waals surface area contributed by atoms with Crippen LogP contribution in [-0.2, 0) is 16.1 Å². The quantitative estimate of drug-likeness (QED) is 0.812. The Morgan fingerprint density at radius 2 is 1.90 bits per heavy atom. The van der Waals surface area contributed by atoms with Gasteiger partial charge in [0.25, 0.3) is 0 Å². The van der Waals surface area contributed by atoms with Crippen LogP contribution in [0.15, 0.2) is 18.3 Å². The highest BCUT2D eigenvalue weighted by molar-refractivity contribution is 5.85. The zero-order valence-electron chi connectivity index (χ0n) is 18.4. The molecule has 1 saturated heterocycles. The SMILES string of the molecule is CC(=O)N1Cc2cccnc2C(C(=O)NCC2(N3CCN(C)CC3)CCCCC2)C1. The molecule has 0 spiro atoms. The maximum atomic E-state index is 13.3. The number of nitrogens with zero attached hydrogens (tertiary/aromatic N) is 4. The lowest BCUT2D eigenvalue weighted by Gasteiger charge is -2.49. The van der Waals surface area contributed by atoms with Gasteiger partial charge in [-0.25, -0.2) is 0 Å². The molecule has 2 aliphatic heterocycles. The van der Waals surface area contributed by atoms with Crippen molar-refractivity contribution in [2.75, 3.05) is 46.3 Å². The van der Waals surface area contributed by atoms with Crippen LogP contribution in [0.3, 0.4) is 0 Å². The fraction of sp³-hybridized carbons (Fsp3) is 0.696. The van der Waals surface area contributed by atoms with Crippen molar-refractivity contribution >= 4 is 11.8 Å². The fourth-order valence-electron chi connectivity index (χ4n) is 5.39. The number of hydrogen-bond acceptors (Lipinski definition) is 5. The van der Waals surface area contributed by atoms with Crippen LogP contribution < -0.4 is 5.32 Å². The van der Waals surface area contributed by atoms with E-state index in [1.54, 1.807) is 18.0 Å². The Kier molecular flexibility index (Phi) is 6.39. The first kappa shape index (κ1) is 21.2. The van der Waals surface area contributed by atoms with Crippen molar-refractivity contribution in [3.05, 3.63) is 29.6 Å². The smallest absolute Gasteiger partial charge is 0.231 e. The second kappa shape index (κ2) is 9.02. The van der Waals surface area contributed by atoms with Crippen LogP contribution in [0, 0.1) is 0 Å². The number of hydrogen-bond donors (Lipinski definition) is 1. The zero-order valence-corrected chi connectivity index (χ0v) is 18.4. The molecule has 0 aromatic carbocycles. The van der Waals surface area contributed by atoms with Gasteiger partial charge in [-0.3, -0.25) is 19.5 Å². The van der Waals surface area contributed by atoms with Crippen molar-refractivity contribution in [3.8, 4) is 0 Å². The molecule has 30 heavy (non-hydrogen) atoms. The van der Waals surface area contributed by atoms with E-state index in [0.717, 1.165) is 50.3 Å². The number of nitrogens with one attached hydrogen (secondary N) is 1. The van der Waals surface area contributed by atoms with Crippen molar-refractivity contribution in [2.24, 2.45) is 0 Å². The lowest BCUT2D eigenvalue weighted by molar-refractivity contribution is -0.132. The van der Waals surface area contributed by atoms with Gasteiger partial charge in [-0.2, -0.15) is 0 Å². The molecule has 1 saturated carbocycles. The molecule has 7 heteroatoms. The number of amides is 2. The van der Waals surface area contributed by atoms with E-state index in [-0.39, 0.29) is 17.4 Å². The molecule has 1 N–H and O–H groups in total. The maximum absolute atomic E-state index is 13.3. The molecule has 164 valence electrons. The Hall–Kier alpha value is -1.99. The largest absolute Gasteiger partial charge is 0.354 e. The van der Waals surface area contributed by atoms with E-state index < -0.39 is 5.92 Å². The molecule has 0 radical (unpaired) electrons. The van der Waals surface area contributed by atoms with Gasteiger partial charge in [-0.05, 0) is 31.5 Å². The number of rotatable bonds is 4. The summed E-state index contributed by atoms with van der Waals surface area (Å²) in [5, 5.41) is 3.30. The molecule has 0 bridgehead atoms. The van der Waals surface area contributed by atoms with E-state index in [2.05, 4.69) is 27.1 Å². The van der Waals surface area contributed by atoms with Crippen LogP contribution in [0.4, 0.5) is 0 Å². The summed E-state index contributed by atoms with van der Waals surface area (Å²) in [6, 6.07) is 3.85. The second-order valence-corrected chi connectivity index (χ2v) is 9.29. The number of fused-ring (bicyclic) bond motifs is 1. The minimum absolute atomic E-state index is 0.0000223. The van der Waals surface area contributed by atoms with E-state index in [0.29, 0.717) is 19.6 Å². The Morgan fingerprint density at radius 3 is 2.60 bits per heavy atom. The van der Waals surface area contributed by atoms with E-state index in [1.807, 2.05) is 12.1 Å². The average molecular weight is 414 g/mol. The molecule has 3 heterocycles. The first-order valence-electron chi connectivity index (χ1n) is 11.4. The van der Waals surface area contributed by atoms with Crippen LogP contribution in [-0.4, -0.2) is 83.4 Å². The van der Waals surface area contributed by atoms with Crippen molar-refractivity contribution in [3.63, 3.8) is 0 Å². The van der Waals surface area contributed by atoms with E-state index in [4.69, 9.17) is 0 Å². The minimum atomic E-state index is -0.396. The maximum Gasteiger partial charge on any atom is 0.231 e. The molecule has 1 aliphatic carbocycles. The summed E-state index contributed by atoms with van der Waals surface area (Å²) in [7, 11) is 2.18. The number of likely N-dealkylation sites (N-methyl/N-ethyl adjacent to an activating group) is 1. The first-order valence-corrected chi connectivity index (χ1v) is 11.4. The van der Waals surface area contributed by atoms with Crippen molar-refractivity contribution in [2.45, 2.75) is 57.0 Å². The van der Waals surface area contributed by atoms with E-state index in [1.165, 1.54) is 19.3 Å². The Balaban J connectivity index is 1.48. The van der Waals surface area contributed by atoms with Crippen molar-refractivity contribution in [1.29, 1.82) is 0 Å². The highest BCUT2D eigenvalue weighted by Gasteiger charge is 2.40. The third-order valence-corrected chi connectivity index (χ3v) is 7.33. The first-order chi connectivity index (χ1) is 14.5. The number of pyridine rings is 1. The molecule has 1 unspecified atom stereocenters. The van der Waals surface area contributed by atoms with Gasteiger partial charge in [0, 0.05) is 64.5 Å². The Labute approximate surface area is 179 Å². The highest BCUT2D eigenvalue weighted by atomic mass is 16.2. The summed E-state index contributed by atoms with van der Waals surface area (Å²) in [4.78, 5) is 36.6. The molecule has 7 nitrogen and oxygen atoms in total. The van der Waals surface area contributed by atoms with Gasteiger partial charge >= 0.3 is 0 Å². The molecule has 3 aliphatic rings. The molecule has 2 fully saturated rings. The fourth-order valence-corrected chi connectivity index (χ4v) is 5.39. The van der Waals surface area contributed by atoms with Gasteiger partial charge in [-0.1, -0.05) is 25.3 Å².